The van der Waals surface area contributed by atoms with Crippen LogP contribution in [0.25, 0.3) is 0 Å². The summed E-state index contributed by atoms with van der Waals surface area (Å²) < 4.78 is 5.52. The number of carbonyl (C=O) groups excluding carboxylic acids is 2. The van der Waals surface area contributed by atoms with Crippen LogP contribution in [-0.4, -0.2) is 54.4 Å². The molecule has 5 nitrogen and oxygen atoms in total. The zero-order chi connectivity index (χ0) is 15.2. The van der Waals surface area contributed by atoms with E-state index in [2.05, 4.69) is 0 Å². The Bertz CT molecular complexity index is 499. The van der Waals surface area contributed by atoms with Crippen LogP contribution in [-0.2, 0) is 9.59 Å². The minimum absolute atomic E-state index is 0.0269. The summed E-state index contributed by atoms with van der Waals surface area (Å²) in [6, 6.07) is 7.64. The molecule has 1 saturated heterocycles. The Morgan fingerprint density at radius 3 is 2.33 bits per heavy atom. The molecule has 1 aliphatic heterocycles. The van der Waals surface area contributed by atoms with Gasteiger partial charge in [0.2, 0.25) is 5.91 Å². The van der Waals surface area contributed by atoms with Crippen LogP contribution < -0.4 is 4.74 Å². The second-order valence-corrected chi connectivity index (χ2v) is 5.34. The van der Waals surface area contributed by atoms with Gasteiger partial charge in [-0.1, -0.05) is 17.7 Å². The van der Waals surface area contributed by atoms with Gasteiger partial charge in [-0.05, 0) is 25.5 Å². The molecule has 0 radical (unpaired) electrons. The molecule has 21 heavy (non-hydrogen) atoms. The van der Waals surface area contributed by atoms with E-state index < -0.39 is 0 Å². The van der Waals surface area contributed by atoms with Crippen molar-refractivity contribution in [2.24, 2.45) is 0 Å². The van der Waals surface area contributed by atoms with E-state index in [1.54, 1.807) is 16.7 Å². The molecule has 0 saturated carbocycles. The molecule has 1 heterocycles. The lowest BCUT2D eigenvalue weighted by molar-refractivity contribution is -0.134. The van der Waals surface area contributed by atoms with Gasteiger partial charge in [0.15, 0.2) is 6.61 Å². The quantitative estimate of drug-likeness (QED) is 0.846. The second-order valence-electron chi connectivity index (χ2n) is 5.34. The number of nitrogens with zero attached hydrogens (tertiary/aromatic N) is 2. The lowest BCUT2D eigenvalue weighted by Gasteiger charge is -2.21. The van der Waals surface area contributed by atoms with Gasteiger partial charge in [0.25, 0.3) is 5.91 Å². The molecule has 114 valence electrons. The summed E-state index contributed by atoms with van der Waals surface area (Å²) in [5, 5.41) is 0. The highest BCUT2D eigenvalue weighted by molar-refractivity contribution is 5.78. The maximum Gasteiger partial charge on any atom is 0.260 e. The summed E-state index contributed by atoms with van der Waals surface area (Å²) in [5.41, 5.74) is 1.16. The van der Waals surface area contributed by atoms with Gasteiger partial charge in [-0.25, -0.2) is 0 Å². The largest absolute Gasteiger partial charge is 0.484 e. The van der Waals surface area contributed by atoms with Crippen LogP contribution in [0.3, 0.4) is 0 Å². The summed E-state index contributed by atoms with van der Waals surface area (Å²) in [6.45, 7) is 6.20. The van der Waals surface area contributed by atoms with Crippen LogP contribution in [0.5, 0.6) is 5.75 Å². The molecule has 1 aromatic carbocycles. The van der Waals surface area contributed by atoms with E-state index in [0.29, 0.717) is 25.4 Å². The van der Waals surface area contributed by atoms with Crippen molar-refractivity contribution in [2.45, 2.75) is 20.3 Å². The number of ether oxygens (including phenoxy) is 1. The molecule has 1 aliphatic rings. The average molecular weight is 290 g/mol. The number of hydrogen-bond acceptors (Lipinski definition) is 3. The van der Waals surface area contributed by atoms with Crippen molar-refractivity contribution >= 4 is 11.8 Å². The monoisotopic (exact) mass is 290 g/mol. The highest BCUT2D eigenvalue weighted by Crippen LogP contribution is 2.12. The Kier molecular flexibility index (Phi) is 5.20. The van der Waals surface area contributed by atoms with E-state index in [9.17, 15) is 9.59 Å². The number of rotatable bonds is 3. The van der Waals surface area contributed by atoms with Gasteiger partial charge in [0.05, 0.1) is 0 Å². The zero-order valence-corrected chi connectivity index (χ0v) is 12.7. The fraction of sp³-hybridized carbons (Fsp3) is 0.500. The lowest BCUT2D eigenvalue weighted by Crippen LogP contribution is -2.38. The molecule has 2 amide bonds. The number of benzene rings is 1. The first-order valence-electron chi connectivity index (χ1n) is 7.29. The summed E-state index contributed by atoms with van der Waals surface area (Å²) in [6.07, 6.45) is 0.815. The predicted octanol–water partition coefficient (Wildman–Crippen LogP) is 1.45. The fourth-order valence-corrected chi connectivity index (χ4v) is 2.35. The molecule has 5 heteroatoms. The maximum absolute atomic E-state index is 12.2. The van der Waals surface area contributed by atoms with Crippen molar-refractivity contribution in [2.75, 3.05) is 32.8 Å². The van der Waals surface area contributed by atoms with E-state index in [0.717, 1.165) is 18.5 Å². The van der Waals surface area contributed by atoms with Crippen LogP contribution in [0.2, 0.25) is 0 Å². The minimum atomic E-state index is -0.0269. The fourth-order valence-electron chi connectivity index (χ4n) is 2.35. The van der Waals surface area contributed by atoms with Crippen LogP contribution >= 0.6 is 0 Å². The topological polar surface area (TPSA) is 49.9 Å². The summed E-state index contributed by atoms with van der Waals surface area (Å²) in [4.78, 5) is 27.1. The van der Waals surface area contributed by atoms with Gasteiger partial charge in [0, 0.05) is 33.1 Å². The van der Waals surface area contributed by atoms with Crippen molar-refractivity contribution < 1.29 is 14.3 Å². The average Bonchev–Trinajstić information content (AvgIpc) is 2.72. The highest BCUT2D eigenvalue weighted by atomic mass is 16.5. The van der Waals surface area contributed by atoms with Crippen molar-refractivity contribution in [3.05, 3.63) is 29.8 Å². The normalized spacial score (nSPS) is 15.5. The van der Waals surface area contributed by atoms with Gasteiger partial charge < -0.3 is 14.5 Å². The van der Waals surface area contributed by atoms with Gasteiger partial charge in [-0.15, -0.1) is 0 Å². The van der Waals surface area contributed by atoms with Crippen molar-refractivity contribution in [1.29, 1.82) is 0 Å². The van der Waals surface area contributed by atoms with Crippen LogP contribution in [0.1, 0.15) is 18.9 Å². The third kappa shape index (κ3) is 4.48. The van der Waals surface area contributed by atoms with Crippen LogP contribution in [0, 0.1) is 6.92 Å². The molecule has 0 aliphatic carbocycles. The van der Waals surface area contributed by atoms with Crippen molar-refractivity contribution in [3.63, 3.8) is 0 Å². The van der Waals surface area contributed by atoms with Gasteiger partial charge >= 0.3 is 0 Å². The van der Waals surface area contributed by atoms with E-state index in [1.807, 2.05) is 31.2 Å². The first-order valence-corrected chi connectivity index (χ1v) is 7.29. The SMILES string of the molecule is CC(=O)N1CCCN(C(=O)COc2ccc(C)cc2)CC1. The second kappa shape index (κ2) is 7.11. The number of carbonyl (C=O) groups is 2. The van der Waals surface area contributed by atoms with Crippen molar-refractivity contribution in [1.82, 2.24) is 9.80 Å². The standard InChI is InChI=1S/C16H22N2O3/c1-13-4-6-15(7-5-13)21-12-16(20)18-9-3-8-17(10-11-18)14(2)19/h4-7H,3,8-12H2,1-2H3. The highest BCUT2D eigenvalue weighted by Gasteiger charge is 2.20. The molecular formula is C16H22N2O3. The van der Waals surface area contributed by atoms with Gasteiger partial charge in [-0.2, -0.15) is 0 Å². The van der Waals surface area contributed by atoms with Gasteiger partial charge in [-0.3, -0.25) is 9.59 Å². The van der Waals surface area contributed by atoms with Crippen molar-refractivity contribution in [3.8, 4) is 5.75 Å². The minimum Gasteiger partial charge on any atom is -0.484 e. The summed E-state index contributed by atoms with van der Waals surface area (Å²) >= 11 is 0. The molecule has 1 fully saturated rings. The number of hydrogen-bond donors (Lipinski definition) is 0. The van der Waals surface area contributed by atoms with E-state index in [-0.39, 0.29) is 18.4 Å². The first-order chi connectivity index (χ1) is 10.1. The number of aryl methyl sites for hydroxylation is 1. The molecule has 0 spiro atoms. The molecule has 2 rings (SSSR count). The molecular weight excluding hydrogens is 268 g/mol. The number of amides is 2. The third-order valence-corrected chi connectivity index (χ3v) is 3.68. The smallest absolute Gasteiger partial charge is 0.260 e. The van der Waals surface area contributed by atoms with Crippen LogP contribution in [0.15, 0.2) is 24.3 Å². The molecule has 0 aromatic heterocycles. The molecule has 0 atom stereocenters. The Labute approximate surface area is 125 Å². The first kappa shape index (κ1) is 15.4. The van der Waals surface area contributed by atoms with E-state index in [4.69, 9.17) is 4.74 Å². The Morgan fingerprint density at radius 1 is 1.05 bits per heavy atom. The summed E-state index contributed by atoms with van der Waals surface area (Å²) in [7, 11) is 0. The summed E-state index contributed by atoms with van der Waals surface area (Å²) in [5.74, 6) is 0.746. The zero-order valence-electron chi connectivity index (χ0n) is 12.7. The Hall–Kier alpha value is -2.04. The Balaban J connectivity index is 1.83. The van der Waals surface area contributed by atoms with E-state index in [1.165, 1.54) is 0 Å². The lowest BCUT2D eigenvalue weighted by atomic mass is 10.2. The molecule has 0 bridgehead atoms. The molecule has 0 unspecified atom stereocenters. The Morgan fingerprint density at radius 2 is 1.67 bits per heavy atom. The predicted molar refractivity (Wildman–Crippen MR) is 80.1 cm³/mol. The van der Waals surface area contributed by atoms with Crippen LogP contribution in [0.4, 0.5) is 0 Å². The molecule has 0 N–H and O–H groups in total. The van der Waals surface area contributed by atoms with Gasteiger partial charge in [0.1, 0.15) is 5.75 Å². The molecule has 1 aromatic rings. The van der Waals surface area contributed by atoms with E-state index >= 15 is 0 Å². The maximum atomic E-state index is 12.2. The third-order valence-electron chi connectivity index (χ3n) is 3.68.